The van der Waals surface area contributed by atoms with Gasteiger partial charge >= 0.3 is 5.97 Å². The Bertz CT molecular complexity index is 801. The van der Waals surface area contributed by atoms with E-state index in [0.29, 0.717) is 5.41 Å². The van der Waals surface area contributed by atoms with E-state index in [1.54, 1.807) is 0 Å². The highest BCUT2D eigenvalue weighted by Gasteiger charge is 2.26. The topological polar surface area (TPSA) is 77.4 Å². The monoisotopic (exact) mass is 460 g/mol. The van der Waals surface area contributed by atoms with Crippen LogP contribution in [0, 0.1) is 5.41 Å². The van der Waals surface area contributed by atoms with E-state index in [9.17, 15) is 4.79 Å². The third kappa shape index (κ3) is 8.54. The lowest BCUT2D eigenvalue weighted by Crippen LogP contribution is -2.32. The first kappa shape index (κ1) is 25.9. The zero-order valence-electron chi connectivity index (χ0n) is 21.3. The molecule has 1 aromatic heterocycles. The van der Waals surface area contributed by atoms with Crippen LogP contribution < -0.4 is 10.6 Å². The van der Waals surface area contributed by atoms with E-state index < -0.39 is 5.60 Å². The summed E-state index contributed by atoms with van der Waals surface area (Å²) in [6, 6.07) is 0. The van der Waals surface area contributed by atoms with Crippen molar-refractivity contribution in [3.05, 3.63) is 23.5 Å². The SMILES string of the molecule is CC1(C)CC=C(c2nn([C@@H]3CCCCO3)cc2CNCCCNCC(=O)OC(C)(C)C)CC1. The van der Waals surface area contributed by atoms with Crippen molar-refractivity contribution in [3.63, 3.8) is 0 Å². The van der Waals surface area contributed by atoms with E-state index in [1.165, 1.54) is 24.0 Å². The van der Waals surface area contributed by atoms with E-state index >= 15 is 0 Å². The maximum Gasteiger partial charge on any atom is 0.320 e. The van der Waals surface area contributed by atoms with Crippen LogP contribution in [0.1, 0.15) is 97.0 Å². The molecule has 1 saturated heterocycles. The molecule has 0 spiro atoms. The first-order valence-corrected chi connectivity index (χ1v) is 12.7. The summed E-state index contributed by atoms with van der Waals surface area (Å²) in [5, 5.41) is 11.7. The molecule has 2 aliphatic rings. The molecule has 0 bridgehead atoms. The van der Waals surface area contributed by atoms with Crippen LogP contribution in [0.15, 0.2) is 12.3 Å². The van der Waals surface area contributed by atoms with Gasteiger partial charge in [0, 0.05) is 24.9 Å². The van der Waals surface area contributed by atoms with E-state index in [2.05, 4.69) is 41.4 Å². The fraction of sp³-hybridized carbons (Fsp3) is 0.769. The van der Waals surface area contributed by atoms with E-state index in [4.69, 9.17) is 14.6 Å². The third-order valence-electron chi connectivity index (χ3n) is 6.25. The molecule has 33 heavy (non-hydrogen) atoms. The van der Waals surface area contributed by atoms with Crippen molar-refractivity contribution >= 4 is 11.5 Å². The van der Waals surface area contributed by atoms with Crippen LogP contribution >= 0.6 is 0 Å². The normalized spacial score (nSPS) is 21.0. The molecule has 2 heterocycles. The molecule has 2 N–H and O–H groups in total. The second-order valence-electron chi connectivity index (χ2n) is 11.2. The Morgan fingerprint density at radius 1 is 1.27 bits per heavy atom. The number of aromatic nitrogens is 2. The Hall–Kier alpha value is -1.70. The second kappa shape index (κ2) is 11.6. The van der Waals surface area contributed by atoms with Gasteiger partial charge in [0.25, 0.3) is 0 Å². The number of ether oxygens (including phenoxy) is 2. The van der Waals surface area contributed by atoms with Crippen LogP contribution in [0.3, 0.4) is 0 Å². The summed E-state index contributed by atoms with van der Waals surface area (Å²) in [7, 11) is 0. The van der Waals surface area contributed by atoms with E-state index in [1.807, 2.05) is 20.8 Å². The molecular weight excluding hydrogens is 416 g/mol. The first-order valence-electron chi connectivity index (χ1n) is 12.7. The van der Waals surface area contributed by atoms with Crippen molar-refractivity contribution in [3.8, 4) is 0 Å². The number of hydrogen-bond acceptors (Lipinski definition) is 6. The summed E-state index contributed by atoms with van der Waals surface area (Å²) >= 11 is 0. The van der Waals surface area contributed by atoms with Crippen LogP contribution in [0.4, 0.5) is 0 Å². The highest BCUT2D eigenvalue weighted by molar-refractivity contribution is 5.72. The van der Waals surface area contributed by atoms with Crippen molar-refractivity contribution in [2.75, 3.05) is 26.2 Å². The molecule has 0 aromatic carbocycles. The number of carbonyl (C=O) groups is 1. The van der Waals surface area contributed by atoms with E-state index in [-0.39, 0.29) is 18.7 Å². The van der Waals surface area contributed by atoms with Crippen molar-refractivity contribution in [1.82, 2.24) is 20.4 Å². The Morgan fingerprint density at radius 3 is 2.73 bits per heavy atom. The summed E-state index contributed by atoms with van der Waals surface area (Å²) in [5.41, 5.74) is 3.70. The molecule has 7 nitrogen and oxygen atoms in total. The van der Waals surface area contributed by atoms with Gasteiger partial charge in [-0.3, -0.25) is 4.79 Å². The standard InChI is InChI=1S/C26H44N4O3/c1-25(2,3)33-23(31)18-28-15-8-14-27-17-21-19-30(22-9-6-7-16-32-22)29-24(21)20-10-12-26(4,5)13-11-20/h10,19,22,27-28H,6-9,11-18H2,1-5H3/t22-/m0/s1. The maximum absolute atomic E-state index is 11.8. The number of allylic oxidation sites excluding steroid dienone is 2. The van der Waals surface area contributed by atoms with Gasteiger partial charge in [-0.15, -0.1) is 0 Å². The molecule has 0 radical (unpaired) electrons. The van der Waals surface area contributed by atoms with Gasteiger partial charge in [0.05, 0.1) is 12.2 Å². The summed E-state index contributed by atoms with van der Waals surface area (Å²) in [6.07, 6.45) is 12.3. The minimum Gasteiger partial charge on any atom is -0.459 e. The second-order valence-corrected chi connectivity index (χ2v) is 11.2. The van der Waals surface area contributed by atoms with Gasteiger partial charge in [0.2, 0.25) is 0 Å². The Labute approximate surface area is 199 Å². The minimum atomic E-state index is -0.436. The summed E-state index contributed by atoms with van der Waals surface area (Å²) < 4.78 is 13.4. The largest absolute Gasteiger partial charge is 0.459 e. The Kier molecular flexibility index (Phi) is 9.13. The molecular formula is C26H44N4O3. The van der Waals surface area contributed by atoms with E-state index in [0.717, 1.165) is 64.0 Å². The van der Waals surface area contributed by atoms with Gasteiger partial charge in [-0.05, 0) is 89.8 Å². The van der Waals surface area contributed by atoms with Crippen molar-refractivity contribution in [2.24, 2.45) is 5.41 Å². The number of carbonyl (C=O) groups excluding carboxylic acids is 1. The summed E-state index contributed by atoms with van der Waals surface area (Å²) in [5.74, 6) is -0.207. The fourth-order valence-corrected chi connectivity index (χ4v) is 4.33. The lowest BCUT2D eigenvalue weighted by atomic mass is 9.77. The molecule has 3 rings (SSSR count). The maximum atomic E-state index is 11.8. The average Bonchev–Trinajstić information content (AvgIpc) is 3.16. The third-order valence-corrected chi connectivity index (χ3v) is 6.25. The minimum absolute atomic E-state index is 0.0592. The van der Waals surface area contributed by atoms with Crippen LogP contribution in [-0.2, 0) is 20.8 Å². The molecule has 7 heteroatoms. The van der Waals surface area contributed by atoms with Gasteiger partial charge < -0.3 is 20.1 Å². The van der Waals surface area contributed by atoms with Crippen LogP contribution in [0.2, 0.25) is 0 Å². The van der Waals surface area contributed by atoms with Crippen LogP contribution in [0.25, 0.3) is 5.57 Å². The van der Waals surface area contributed by atoms with Crippen molar-refractivity contribution < 1.29 is 14.3 Å². The van der Waals surface area contributed by atoms with Gasteiger partial charge in [0.15, 0.2) is 0 Å². The zero-order chi connectivity index (χ0) is 23.9. The molecule has 186 valence electrons. The van der Waals surface area contributed by atoms with Gasteiger partial charge in [-0.1, -0.05) is 19.9 Å². The zero-order valence-corrected chi connectivity index (χ0v) is 21.3. The molecule has 1 fully saturated rings. The van der Waals surface area contributed by atoms with Crippen LogP contribution in [-0.4, -0.2) is 47.6 Å². The van der Waals surface area contributed by atoms with Gasteiger partial charge in [-0.2, -0.15) is 5.10 Å². The number of hydrogen-bond donors (Lipinski definition) is 2. The quantitative estimate of drug-likeness (QED) is 0.393. The van der Waals surface area contributed by atoms with Crippen LogP contribution in [0.5, 0.6) is 0 Å². The average molecular weight is 461 g/mol. The molecule has 0 unspecified atom stereocenters. The predicted octanol–water partition coefficient (Wildman–Crippen LogP) is 4.59. The number of esters is 1. The molecule has 1 aromatic rings. The number of nitrogens with one attached hydrogen (secondary N) is 2. The molecule has 1 atom stereocenters. The molecule has 0 amide bonds. The summed E-state index contributed by atoms with van der Waals surface area (Å²) in [4.78, 5) is 11.8. The molecule has 1 aliphatic carbocycles. The molecule has 0 saturated carbocycles. The Morgan fingerprint density at radius 2 is 2.06 bits per heavy atom. The smallest absolute Gasteiger partial charge is 0.320 e. The van der Waals surface area contributed by atoms with Gasteiger partial charge in [-0.25, -0.2) is 4.68 Å². The first-order chi connectivity index (χ1) is 15.6. The van der Waals surface area contributed by atoms with Crippen molar-refractivity contribution in [2.45, 2.75) is 97.9 Å². The molecule has 1 aliphatic heterocycles. The van der Waals surface area contributed by atoms with Gasteiger partial charge in [0.1, 0.15) is 11.8 Å². The highest BCUT2D eigenvalue weighted by atomic mass is 16.6. The van der Waals surface area contributed by atoms with Crippen molar-refractivity contribution in [1.29, 1.82) is 0 Å². The lowest BCUT2D eigenvalue weighted by Gasteiger charge is -2.28. The highest BCUT2D eigenvalue weighted by Crippen LogP contribution is 2.38. The lowest BCUT2D eigenvalue weighted by molar-refractivity contribution is -0.153. The Balaban J connectivity index is 1.50. The predicted molar refractivity (Wildman–Crippen MR) is 132 cm³/mol. The number of rotatable bonds is 10. The summed E-state index contributed by atoms with van der Waals surface area (Å²) in [6.45, 7) is 13.8. The number of nitrogens with zero attached hydrogens (tertiary/aromatic N) is 2. The fourth-order valence-electron chi connectivity index (χ4n) is 4.33.